The quantitative estimate of drug-likeness (QED) is 0.374. The molecule has 1 aliphatic rings. The predicted molar refractivity (Wildman–Crippen MR) is 118 cm³/mol. The van der Waals surface area contributed by atoms with E-state index in [1.807, 2.05) is 30.3 Å². The SMILES string of the molecule is CC(C)(C#Cc1ccccc1)OC(=O)Oc1cc(C(=O)OCCN2CCOCC2)ccc1F. The molecule has 174 valence electrons. The van der Waals surface area contributed by atoms with E-state index in [0.29, 0.717) is 19.8 Å². The molecule has 7 nitrogen and oxygen atoms in total. The summed E-state index contributed by atoms with van der Waals surface area (Å²) in [6.07, 6.45) is -1.14. The standard InChI is InChI=1S/C25H26FNO6/c1-25(2,11-10-19-6-4-3-5-7-19)33-24(29)32-22-18-20(8-9-21(22)26)23(28)31-17-14-27-12-15-30-16-13-27/h3-9,18H,12-17H2,1-2H3. The predicted octanol–water partition coefficient (Wildman–Crippen LogP) is 3.66. The Hall–Kier alpha value is -3.41. The van der Waals surface area contributed by atoms with E-state index in [9.17, 15) is 14.0 Å². The zero-order valence-corrected chi connectivity index (χ0v) is 18.6. The summed E-state index contributed by atoms with van der Waals surface area (Å²) in [5.41, 5.74) is -0.364. The van der Waals surface area contributed by atoms with Gasteiger partial charge in [0.05, 0.1) is 18.8 Å². The van der Waals surface area contributed by atoms with E-state index >= 15 is 0 Å². The summed E-state index contributed by atoms with van der Waals surface area (Å²) in [7, 11) is 0. The molecule has 0 N–H and O–H groups in total. The summed E-state index contributed by atoms with van der Waals surface area (Å²) >= 11 is 0. The van der Waals surface area contributed by atoms with Gasteiger partial charge in [-0.1, -0.05) is 30.0 Å². The summed E-state index contributed by atoms with van der Waals surface area (Å²) < 4.78 is 34.9. The minimum atomic E-state index is -1.18. The van der Waals surface area contributed by atoms with Crippen molar-refractivity contribution in [2.24, 2.45) is 0 Å². The minimum absolute atomic E-state index is 0.0595. The number of hydrogen-bond acceptors (Lipinski definition) is 7. The summed E-state index contributed by atoms with van der Waals surface area (Å²) in [5.74, 6) is 3.84. The van der Waals surface area contributed by atoms with E-state index in [1.165, 1.54) is 6.07 Å². The number of esters is 1. The highest BCUT2D eigenvalue weighted by Crippen LogP contribution is 2.21. The van der Waals surface area contributed by atoms with Crippen molar-refractivity contribution in [3.63, 3.8) is 0 Å². The lowest BCUT2D eigenvalue weighted by Crippen LogP contribution is -2.38. The van der Waals surface area contributed by atoms with Gasteiger partial charge in [-0.2, -0.15) is 0 Å². The van der Waals surface area contributed by atoms with Crippen LogP contribution in [0, 0.1) is 17.7 Å². The number of carbonyl (C=O) groups is 2. The van der Waals surface area contributed by atoms with Crippen LogP contribution >= 0.6 is 0 Å². The summed E-state index contributed by atoms with van der Waals surface area (Å²) in [4.78, 5) is 26.6. The Morgan fingerprint density at radius 1 is 1.12 bits per heavy atom. The first kappa shape index (κ1) is 24.2. The van der Waals surface area contributed by atoms with Crippen LogP contribution in [0.2, 0.25) is 0 Å². The van der Waals surface area contributed by atoms with Crippen molar-refractivity contribution in [3.05, 3.63) is 65.5 Å². The van der Waals surface area contributed by atoms with Crippen LogP contribution in [0.25, 0.3) is 0 Å². The Kier molecular flexibility index (Phi) is 8.41. The first-order chi connectivity index (χ1) is 15.8. The van der Waals surface area contributed by atoms with Crippen LogP contribution in [0.3, 0.4) is 0 Å². The molecule has 0 spiro atoms. The maximum Gasteiger partial charge on any atom is 0.515 e. The van der Waals surface area contributed by atoms with Crippen molar-refractivity contribution in [2.45, 2.75) is 19.4 Å². The minimum Gasteiger partial charge on any atom is -0.461 e. The zero-order chi connectivity index (χ0) is 23.7. The summed E-state index contributed by atoms with van der Waals surface area (Å²) in [6, 6.07) is 12.6. The fraction of sp³-hybridized carbons (Fsp3) is 0.360. The highest BCUT2D eigenvalue weighted by Gasteiger charge is 2.23. The number of morpholine rings is 1. The zero-order valence-electron chi connectivity index (χ0n) is 18.6. The van der Waals surface area contributed by atoms with Crippen molar-refractivity contribution < 1.29 is 32.9 Å². The van der Waals surface area contributed by atoms with E-state index in [4.69, 9.17) is 18.9 Å². The molecule has 1 fully saturated rings. The average molecular weight is 455 g/mol. The van der Waals surface area contributed by atoms with E-state index in [0.717, 1.165) is 30.8 Å². The van der Waals surface area contributed by atoms with Crippen LogP contribution in [-0.2, 0) is 14.2 Å². The Balaban J connectivity index is 1.55. The summed E-state index contributed by atoms with van der Waals surface area (Å²) in [6.45, 7) is 6.79. The third-order valence-electron chi connectivity index (χ3n) is 4.72. The van der Waals surface area contributed by atoms with Crippen LogP contribution in [0.4, 0.5) is 9.18 Å². The van der Waals surface area contributed by atoms with Gasteiger partial charge >= 0.3 is 12.1 Å². The number of benzene rings is 2. The highest BCUT2D eigenvalue weighted by molar-refractivity contribution is 5.90. The molecule has 0 atom stereocenters. The van der Waals surface area contributed by atoms with Crippen molar-refractivity contribution in [3.8, 4) is 17.6 Å². The van der Waals surface area contributed by atoms with Gasteiger partial charge in [-0.05, 0) is 44.2 Å². The van der Waals surface area contributed by atoms with Gasteiger partial charge in [0.25, 0.3) is 0 Å². The van der Waals surface area contributed by atoms with Crippen LogP contribution in [-0.4, -0.2) is 62.1 Å². The molecule has 8 heteroatoms. The molecule has 2 aromatic carbocycles. The van der Waals surface area contributed by atoms with Gasteiger partial charge < -0.3 is 18.9 Å². The largest absolute Gasteiger partial charge is 0.515 e. The van der Waals surface area contributed by atoms with Crippen LogP contribution in [0.15, 0.2) is 48.5 Å². The normalized spacial score (nSPS) is 14.0. The number of halogens is 1. The second-order valence-electron chi connectivity index (χ2n) is 7.82. The molecule has 0 unspecified atom stereocenters. The molecule has 0 aromatic heterocycles. The molecule has 1 saturated heterocycles. The molecule has 0 radical (unpaired) electrons. The fourth-order valence-corrected chi connectivity index (χ4v) is 2.97. The van der Waals surface area contributed by atoms with Crippen molar-refractivity contribution in [2.75, 3.05) is 39.5 Å². The molecular formula is C25H26FNO6. The number of carbonyl (C=O) groups excluding carboxylic acids is 2. The first-order valence-electron chi connectivity index (χ1n) is 10.6. The van der Waals surface area contributed by atoms with Crippen molar-refractivity contribution in [1.29, 1.82) is 0 Å². The monoisotopic (exact) mass is 455 g/mol. The molecule has 3 rings (SSSR count). The van der Waals surface area contributed by atoms with Gasteiger partial charge in [0.2, 0.25) is 0 Å². The van der Waals surface area contributed by atoms with E-state index in [-0.39, 0.29) is 12.2 Å². The third kappa shape index (κ3) is 7.90. The topological polar surface area (TPSA) is 74.3 Å². The molecular weight excluding hydrogens is 429 g/mol. The lowest BCUT2D eigenvalue weighted by atomic mass is 10.1. The molecule has 0 aliphatic carbocycles. The second kappa shape index (κ2) is 11.5. The van der Waals surface area contributed by atoms with Gasteiger partial charge in [0.1, 0.15) is 6.61 Å². The van der Waals surface area contributed by atoms with Crippen LogP contribution < -0.4 is 4.74 Å². The molecule has 33 heavy (non-hydrogen) atoms. The number of rotatable bonds is 6. The molecule has 2 aromatic rings. The highest BCUT2D eigenvalue weighted by atomic mass is 19.1. The van der Waals surface area contributed by atoms with Crippen LogP contribution in [0.1, 0.15) is 29.8 Å². The van der Waals surface area contributed by atoms with E-state index < -0.39 is 29.3 Å². The average Bonchev–Trinajstić information content (AvgIpc) is 2.80. The third-order valence-corrected chi connectivity index (χ3v) is 4.72. The smallest absolute Gasteiger partial charge is 0.461 e. The Morgan fingerprint density at radius 3 is 2.58 bits per heavy atom. The molecule has 0 amide bonds. The van der Waals surface area contributed by atoms with Crippen molar-refractivity contribution in [1.82, 2.24) is 4.90 Å². The maximum atomic E-state index is 14.2. The maximum absolute atomic E-state index is 14.2. The lowest BCUT2D eigenvalue weighted by molar-refractivity contribution is 0.0194. The fourth-order valence-electron chi connectivity index (χ4n) is 2.97. The second-order valence-corrected chi connectivity index (χ2v) is 7.82. The Morgan fingerprint density at radius 2 is 1.85 bits per heavy atom. The molecule has 0 bridgehead atoms. The van der Waals surface area contributed by atoms with Gasteiger partial charge in [-0.25, -0.2) is 14.0 Å². The number of hydrogen-bond donors (Lipinski definition) is 0. The molecule has 0 saturated carbocycles. The number of nitrogens with zero attached hydrogens (tertiary/aromatic N) is 1. The van der Waals surface area contributed by atoms with E-state index in [2.05, 4.69) is 16.7 Å². The lowest BCUT2D eigenvalue weighted by Gasteiger charge is -2.26. The van der Waals surface area contributed by atoms with Gasteiger partial charge in [-0.3, -0.25) is 4.90 Å². The van der Waals surface area contributed by atoms with Crippen LogP contribution in [0.5, 0.6) is 5.75 Å². The van der Waals surface area contributed by atoms with Gasteiger partial charge in [0.15, 0.2) is 17.2 Å². The van der Waals surface area contributed by atoms with Gasteiger partial charge in [-0.15, -0.1) is 0 Å². The molecule has 1 aliphatic heterocycles. The first-order valence-corrected chi connectivity index (χ1v) is 10.6. The van der Waals surface area contributed by atoms with Gasteiger partial charge in [0, 0.05) is 25.2 Å². The van der Waals surface area contributed by atoms with Crippen molar-refractivity contribution >= 4 is 12.1 Å². The Labute approximate surface area is 192 Å². The summed E-state index contributed by atoms with van der Waals surface area (Å²) in [5, 5.41) is 0. The Bertz CT molecular complexity index is 1020. The number of ether oxygens (including phenoxy) is 4. The van der Waals surface area contributed by atoms with E-state index in [1.54, 1.807) is 13.8 Å². The molecule has 1 heterocycles.